The third-order valence-electron chi connectivity index (χ3n) is 5.00. The van der Waals surface area contributed by atoms with Crippen LogP contribution < -0.4 is 9.80 Å². The van der Waals surface area contributed by atoms with Crippen LogP contribution in [0.3, 0.4) is 0 Å². The maximum absolute atomic E-state index is 13.8. The largest absolute Gasteiger partial charge is 0.283 e. The van der Waals surface area contributed by atoms with Gasteiger partial charge in [0.15, 0.2) is 0 Å². The van der Waals surface area contributed by atoms with Gasteiger partial charge in [0.05, 0.1) is 11.4 Å². The number of thioether (sulfide) groups is 1. The summed E-state index contributed by atoms with van der Waals surface area (Å²) >= 11 is 1.40. The third-order valence-corrected chi connectivity index (χ3v) is 6.39. The molecule has 4 nitrogen and oxygen atoms in total. The van der Waals surface area contributed by atoms with E-state index in [1.54, 1.807) is 9.80 Å². The molecule has 5 heteroatoms. The molecule has 1 fully saturated rings. The van der Waals surface area contributed by atoms with Crippen molar-refractivity contribution in [2.24, 2.45) is 0 Å². The van der Waals surface area contributed by atoms with Crippen LogP contribution >= 0.6 is 11.8 Å². The van der Waals surface area contributed by atoms with Crippen LogP contribution in [0.4, 0.5) is 17.1 Å². The summed E-state index contributed by atoms with van der Waals surface area (Å²) in [6.45, 7) is 0. The Kier molecular flexibility index (Phi) is 3.58. The molecule has 27 heavy (non-hydrogen) atoms. The summed E-state index contributed by atoms with van der Waals surface area (Å²) in [5.74, 6) is 0.122. The average Bonchev–Trinajstić information content (AvgIpc) is 3.19. The lowest BCUT2D eigenvalue weighted by Gasteiger charge is -2.33. The van der Waals surface area contributed by atoms with Crippen molar-refractivity contribution in [3.05, 3.63) is 90.5 Å². The predicted molar refractivity (Wildman–Crippen MR) is 108 cm³/mol. The van der Waals surface area contributed by atoms with Crippen molar-refractivity contribution in [2.45, 2.75) is 4.87 Å². The van der Waals surface area contributed by atoms with E-state index in [2.05, 4.69) is 0 Å². The Hall–Kier alpha value is -3.05. The summed E-state index contributed by atoms with van der Waals surface area (Å²) in [5, 5.41) is 0. The van der Waals surface area contributed by atoms with Crippen molar-refractivity contribution < 1.29 is 9.59 Å². The zero-order chi connectivity index (χ0) is 18.4. The van der Waals surface area contributed by atoms with E-state index in [0.29, 0.717) is 0 Å². The topological polar surface area (TPSA) is 40.6 Å². The summed E-state index contributed by atoms with van der Waals surface area (Å²) in [7, 11) is 0. The Morgan fingerprint density at radius 2 is 1.33 bits per heavy atom. The summed E-state index contributed by atoms with van der Waals surface area (Å²) in [4.78, 5) is 29.0. The molecular weight excluding hydrogens is 356 g/mol. The van der Waals surface area contributed by atoms with E-state index < -0.39 is 4.87 Å². The van der Waals surface area contributed by atoms with Gasteiger partial charge < -0.3 is 0 Å². The fourth-order valence-corrected chi connectivity index (χ4v) is 5.23. The Morgan fingerprint density at radius 1 is 0.741 bits per heavy atom. The minimum atomic E-state index is -1.06. The van der Waals surface area contributed by atoms with E-state index in [1.807, 2.05) is 84.9 Å². The van der Waals surface area contributed by atoms with Gasteiger partial charge in [-0.15, -0.1) is 11.8 Å². The highest BCUT2D eigenvalue weighted by Gasteiger charge is 2.61. The first kappa shape index (κ1) is 16.1. The lowest BCUT2D eigenvalue weighted by Crippen LogP contribution is -2.48. The quantitative estimate of drug-likeness (QED) is 0.673. The van der Waals surface area contributed by atoms with Crippen molar-refractivity contribution in [3.8, 4) is 0 Å². The van der Waals surface area contributed by atoms with Gasteiger partial charge in [0.1, 0.15) is 0 Å². The Morgan fingerprint density at radius 3 is 2.04 bits per heavy atom. The molecule has 132 valence electrons. The van der Waals surface area contributed by atoms with Crippen LogP contribution in [-0.2, 0) is 14.5 Å². The number of amides is 2. The standard InChI is InChI=1S/C22H16N2O2S/c25-20-15-27-22(24(20)17-11-5-2-6-12-17)18-13-7-8-14-19(18)23(21(22)26)16-9-3-1-4-10-16/h1-14H,15H2. The van der Waals surface area contributed by atoms with E-state index in [-0.39, 0.29) is 17.6 Å². The van der Waals surface area contributed by atoms with Crippen molar-refractivity contribution >= 4 is 40.6 Å². The highest BCUT2D eigenvalue weighted by atomic mass is 32.2. The molecular formula is C22H16N2O2S. The minimum absolute atomic E-state index is 0.0516. The highest BCUT2D eigenvalue weighted by Crippen LogP contribution is 2.57. The minimum Gasteiger partial charge on any atom is -0.283 e. The maximum atomic E-state index is 13.8. The van der Waals surface area contributed by atoms with Crippen LogP contribution in [0.2, 0.25) is 0 Å². The second kappa shape index (κ2) is 5.99. The molecule has 0 saturated carbocycles. The number of carbonyl (C=O) groups excluding carboxylic acids is 2. The normalized spacial score (nSPS) is 21.2. The van der Waals surface area contributed by atoms with Crippen molar-refractivity contribution in [2.75, 3.05) is 15.6 Å². The summed E-state index contributed by atoms with van der Waals surface area (Å²) in [5.41, 5.74) is 3.24. The van der Waals surface area contributed by atoms with Crippen molar-refractivity contribution in [3.63, 3.8) is 0 Å². The number of rotatable bonds is 2. The summed E-state index contributed by atoms with van der Waals surface area (Å²) in [6.07, 6.45) is 0. The van der Waals surface area contributed by atoms with Crippen LogP contribution in [0.25, 0.3) is 0 Å². The van der Waals surface area contributed by atoms with Gasteiger partial charge in [-0.3, -0.25) is 19.4 Å². The lowest BCUT2D eigenvalue weighted by atomic mass is 10.0. The van der Waals surface area contributed by atoms with E-state index in [1.165, 1.54) is 11.8 Å². The number of carbonyl (C=O) groups is 2. The number of nitrogens with zero attached hydrogens (tertiary/aromatic N) is 2. The molecule has 0 aromatic heterocycles. The monoisotopic (exact) mass is 372 g/mol. The number of hydrogen-bond acceptors (Lipinski definition) is 3. The van der Waals surface area contributed by atoms with E-state index in [4.69, 9.17) is 0 Å². The first-order chi connectivity index (χ1) is 13.2. The Labute approximate surface area is 161 Å². The maximum Gasteiger partial charge on any atom is 0.273 e. The van der Waals surface area contributed by atoms with E-state index in [0.717, 1.165) is 22.6 Å². The van der Waals surface area contributed by atoms with Gasteiger partial charge in [0.25, 0.3) is 5.91 Å². The molecule has 5 rings (SSSR count). The molecule has 0 aliphatic carbocycles. The molecule has 2 heterocycles. The fourth-order valence-electron chi connectivity index (χ4n) is 3.89. The first-order valence-corrected chi connectivity index (χ1v) is 9.73. The second-order valence-electron chi connectivity index (χ2n) is 6.49. The smallest absolute Gasteiger partial charge is 0.273 e. The molecule has 2 aliphatic heterocycles. The number of hydrogen-bond donors (Lipinski definition) is 0. The number of benzene rings is 3. The fraction of sp³-hybridized carbons (Fsp3) is 0.0909. The Bertz CT molecular complexity index is 1040. The molecule has 1 unspecified atom stereocenters. The predicted octanol–water partition coefficient (Wildman–Crippen LogP) is 4.30. The average molecular weight is 372 g/mol. The van der Waals surface area contributed by atoms with Gasteiger partial charge >= 0.3 is 0 Å². The van der Waals surface area contributed by atoms with Gasteiger partial charge in [-0.25, -0.2) is 0 Å². The molecule has 3 aromatic carbocycles. The number of para-hydroxylation sites is 3. The molecule has 0 N–H and O–H groups in total. The zero-order valence-corrected chi connectivity index (χ0v) is 15.2. The molecule has 3 aromatic rings. The molecule has 1 saturated heterocycles. The molecule has 1 spiro atoms. The molecule has 0 bridgehead atoms. The number of fused-ring (bicyclic) bond motifs is 2. The Balaban J connectivity index is 1.75. The van der Waals surface area contributed by atoms with Crippen LogP contribution in [0.15, 0.2) is 84.9 Å². The van der Waals surface area contributed by atoms with Gasteiger partial charge in [-0.1, -0.05) is 54.6 Å². The summed E-state index contributed by atoms with van der Waals surface area (Å²) in [6, 6.07) is 26.8. The highest BCUT2D eigenvalue weighted by molar-refractivity contribution is 8.02. The van der Waals surface area contributed by atoms with Gasteiger partial charge in [0, 0.05) is 16.9 Å². The molecule has 2 amide bonds. The van der Waals surface area contributed by atoms with E-state index >= 15 is 0 Å². The van der Waals surface area contributed by atoms with Gasteiger partial charge in [-0.2, -0.15) is 0 Å². The third kappa shape index (κ3) is 2.18. The van der Waals surface area contributed by atoms with Crippen molar-refractivity contribution in [1.82, 2.24) is 0 Å². The van der Waals surface area contributed by atoms with Crippen molar-refractivity contribution in [1.29, 1.82) is 0 Å². The zero-order valence-electron chi connectivity index (χ0n) is 14.4. The molecule has 2 aliphatic rings. The SMILES string of the molecule is O=C1CSC2(C(=O)N(c3ccccc3)c3ccccc32)N1c1ccccc1. The van der Waals surface area contributed by atoms with Crippen LogP contribution in [-0.4, -0.2) is 17.6 Å². The van der Waals surface area contributed by atoms with Crippen LogP contribution in [0.1, 0.15) is 5.56 Å². The first-order valence-electron chi connectivity index (χ1n) is 8.74. The van der Waals surface area contributed by atoms with Gasteiger partial charge in [-0.05, 0) is 30.3 Å². The second-order valence-corrected chi connectivity index (χ2v) is 7.66. The van der Waals surface area contributed by atoms with Gasteiger partial charge in [0.2, 0.25) is 10.8 Å². The van der Waals surface area contributed by atoms with E-state index in [9.17, 15) is 9.59 Å². The summed E-state index contributed by atoms with van der Waals surface area (Å²) < 4.78 is 0. The molecule has 1 atom stereocenters. The lowest BCUT2D eigenvalue weighted by molar-refractivity contribution is -0.123. The molecule has 0 radical (unpaired) electrons. The van der Waals surface area contributed by atoms with Crippen LogP contribution in [0.5, 0.6) is 0 Å². The van der Waals surface area contributed by atoms with Crippen LogP contribution in [0, 0.1) is 0 Å². The number of anilines is 3.